The Morgan fingerprint density at radius 1 is 1.62 bits per heavy atom. The maximum absolute atomic E-state index is 11.5. The van der Waals surface area contributed by atoms with Crippen LogP contribution in [0.4, 0.5) is 0 Å². The number of carbonyl (C=O) groups excluding carboxylic acids is 1. The van der Waals surface area contributed by atoms with E-state index in [-0.39, 0.29) is 5.91 Å². The van der Waals surface area contributed by atoms with Gasteiger partial charge in [-0.1, -0.05) is 26.2 Å². The van der Waals surface area contributed by atoms with Crippen molar-refractivity contribution in [3.8, 4) is 0 Å². The van der Waals surface area contributed by atoms with Crippen molar-refractivity contribution < 1.29 is 9.90 Å². The Balaban J connectivity index is 2.64. The fourth-order valence-electron chi connectivity index (χ4n) is 1.93. The third-order valence-electron chi connectivity index (χ3n) is 2.65. The van der Waals surface area contributed by atoms with Crippen LogP contribution in [0.15, 0.2) is 17.9 Å². The minimum Gasteiger partial charge on any atom is -0.373 e. The van der Waals surface area contributed by atoms with E-state index in [0.717, 1.165) is 11.6 Å². The van der Waals surface area contributed by atoms with Crippen molar-refractivity contribution in [1.29, 1.82) is 0 Å². The van der Waals surface area contributed by atoms with Gasteiger partial charge < -0.3 is 10.0 Å². The number of nitrogens with zero attached hydrogens (tertiary/aromatic N) is 1. The second-order valence-electron chi connectivity index (χ2n) is 5.56. The number of hydrogen-bond donors (Lipinski definition) is 1. The number of aliphatic hydroxyl groups excluding tert-OH is 1. The fraction of sp³-hybridized carbons (Fsp3) is 0.667. The summed E-state index contributed by atoms with van der Waals surface area (Å²) in [6, 6.07) is 0.979. The molecule has 0 spiro atoms. The summed E-state index contributed by atoms with van der Waals surface area (Å²) in [5.41, 5.74) is 3.97. The minimum absolute atomic E-state index is 0.0378. The average Bonchev–Trinajstić information content (AvgIpc) is 2.46. The highest BCUT2D eigenvalue weighted by molar-refractivity contribution is 6.76. The van der Waals surface area contributed by atoms with Crippen LogP contribution in [-0.4, -0.2) is 36.8 Å². The SMILES string of the molecule is C=C=C(CN1C(=O)CCC1O)C[Si](C)(C)C. The first-order chi connectivity index (χ1) is 7.33. The molecule has 0 bridgehead atoms. The maximum Gasteiger partial charge on any atom is 0.225 e. The molecule has 1 aliphatic heterocycles. The van der Waals surface area contributed by atoms with Gasteiger partial charge in [0, 0.05) is 20.9 Å². The summed E-state index contributed by atoms with van der Waals surface area (Å²) in [6.07, 6.45) is 0.395. The molecule has 16 heavy (non-hydrogen) atoms. The summed E-state index contributed by atoms with van der Waals surface area (Å²) in [7, 11) is -1.22. The summed E-state index contributed by atoms with van der Waals surface area (Å²) in [4.78, 5) is 13.1. The van der Waals surface area contributed by atoms with Gasteiger partial charge in [0.05, 0.1) is 6.54 Å². The lowest BCUT2D eigenvalue weighted by Gasteiger charge is -2.24. The molecule has 0 aromatic heterocycles. The average molecular weight is 239 g/mol. The largest absolute Gasteiger partial charge is 0.373 e. The molecule has 0 aromatic rings. The van der Waals surface area contributed by atoms with E-state index in [1.807, 2.05) is 0 Å². The molecule has 1 aliphatic rings. The topological polar surface area (TPSA) is 40.5 Å². The van der Waals surface area contributed by atoms with Crippen LogP contribution >= 0.6 is 0 Å². The Bertz CT molecular complexity index is 326. The van der Waals surface area contributed by atoms with E-state index in [0.29, 0.717) is 19.4 Å². The molecule has 1 N–H and O–H groups in total. The third kappa shape index (κ3) is 3.63. The van der Waals surface area contributed by atoms with Crippen molar-refractivity contribution in [1.82, 2.24) is 4.90 Å². The van der Waals surface area contributed by atoms with E-state index in [1.165, 1.54) is 4.90 Å². The van der Waals surface area contributed by atoms with Gasteiger partial charge in [-0.15, -0.1) is 5.73 Å². The van der Waals surface area contributed by atoms with Crippen LogP contribution in [0, 0.1) is 0 Å². The summed E-state index contributed by atoms with van der Waals surface area (Å²) in [5, 5.41) is 9.66. The van der Waals surface area contributed by atoms with Crippen molar-refractivity contribution in [3.63, 3.8) is 0 Å². The molecule has 0 saturated carbocycles. The second kappa shape index (κ2) is 5.00. The van der Waals surface area contributed by atoms with E-state index in [4.69, 9.17) is 0 Å². The van der Waals surface area contributed by atoms with Gasteiger partial charge in [-0.3, -0.25) is 4.79 Å². The summed E-state index contributed by atoms with van der Waals surface area (Å²) >= 11 is 0. The zero-order valence-corrected chi connectivity index (χ0v) is 11.4. The highest BCUT2D eigenvalue weighted by atomic mass is 28.3. The number of rotatable bonds is 4. The molecule has 90 valence electrons. The van der Waals surface area contributed by atoms with Gasteiger partial charge in [0.1, 0.15) is 6.23 Å². The number of amides is 1. The van der Waals surface area contributed by atoms with E-state index >= 15 is 0 Å². The zero-order valence-electron chi connectivity index (χ0n) is 10.4. The molecule has 0 aliphatic carbocycles. The van der Waals surface area contributed by atoms with Crippen molar-refractivity contribution >= 4 is 14.0 Å². The molecule has 1 unspecified atom stereocenters. The molecule has 1 rings (SSSR count). The molecule has 3 nitrogen and oxygen atoms in total. The third-order valence-corrected chi connectivity index (χ3v) is 4.14. The number of likely N-dealkylation sites (tertiary alicyclic amines) is 1. The minimum atomic E-state index is -1.22. The van der Waals surface area contributed by atoms with Crippen molar-refractivity contribution in [2.75, 3.05) is 6.54 Å². The van der Waals surface area contributed by atoms with E-state index in [9.17, 15) is 9.90 Å². The monoisotopic (exact) mass is 239 g/mol. The Labute approximate surface area is 98.5 Å². The van der Waals surface area contributed by atoms with Gasteiger partial charge in [0.25, 0.3) is 0 Å². The molecule has 0 aromatic carbocycles. The molecule has 1 atom stereocenters. The lowest BCUT2D eigenvalue weighted by atomic mass is 10.3. The molecule has 1 amide bonds. The van der Waals surface area contributed by atoms with E-state index in [1.54, 1.807) is 0 Å². The first-order valence-corrected chi connectivity index (χ1v) is 9.39. The van der Waals surface area contributed by atoms with Gasteiger partial charge in [0.2, 0.25) is 5.91 Å². The van der Waals surface area contributed by atoms with Crippen LogP contribution in [-0.2, 0) is 4.79 Å². The van der Waals surface area contributed by atoms with Crippen LogP contribution < -0.4 is 0 Å². The Morgan fingerprint density at radius 3 is 2.62 bits per heavy atom. The van der Waals surface area contributed by atoms with Crippen molar-refractivity contribution in [3.05, 3.63) is 17.9 Å². The van der Waals surface area contributed by atoms with Crippen molar-refractivity contribution in [2.24, 2.45) is 0 Å². The Kier molecular flexibility index (Phi) is 4.13. The summed E-state index contributed by atoms with van der Waals surface area (Å²) in [5.74, 6) is 0.0378. The Hall–Kier alpha value is -0.833. The van der Waals surface area contributed by atoms with Crippen LogP contribution in [0.5, 0.6) is 0 Å². The highest BCUT2D eigenvalue weighted by Crippen LogP contribution is 2.21. The first kappa shape index (κ1) is 13.2. The summed E-state index contributed by atoms with van der Waals surface area (Å²) < 4.78 is 0. The van der Waals surface area contributed by atoms with Crippen LogP contribution in [0.1, 0.15) is 12.8 Å². The van der Waals surface area contributed by atoms with Gasteiger partial charge in [-0.2, -0.15) is 0 Å². The normalized spacial score (nSPS) is 21.1. The molecule has 1 saturated heterocycles. The molecular weight excluding hydrogens is 218 g/mol. The molecule has 0 radical (unpaired) electrons. The van der Waals surface area contributed by atoms with Crippen LogP contribution in [0.25, 0.3) is 0 Å². The predicted octanol–water partition coefficient (Wildman–Crippen LogP) is 1.98. The smallest absolute Gasteiger partial charge is 0.225 e. The Morgan fingerprint density at radius 2 is 2.25 bits per heavy atom. The van der Waals surface area contributed by atoms with E-state index in [2.05, 4.69) is 32.0 Å². The molecule has 4 heteroatoms. The van der Waals surface area contributed by atoms with Gasteiger partial charge in [-0.25, -0.2) is 0 Å². The standard InChI is InChI=1S/C12H21NO2Si/c1-5-10(9-16(2,3)4)8-13-11(14)6-7-12(13)15/h11,14H,1,6-9H2,2-4H3. The second-order valence-corrected chi connectivity index (χ2v) is 11.0. The fourth-order valence-corrected chi connectivity index (χ4v) is 3.45. The summed E-state index contributed by atoms with van der Waals surface area (Å²) in [6.45, 7) is 11.0. The van der Waals surface area contributed by atoms with Crippen molar-refractivity contribution in [2.45, 2.75) is 44.8 Å². The number of carbonyl (C=O) groups is 1. The molecule has 1 heterocycles. The van der Waals surface area contributed by atoms with Gasteiger partial charge in [0.15, 0.2) is 0 Å². The lowest BCUT2D eigenvalue weighted by Crippen LogP contribution is -2.35. The lowest BCUT2D eigenvalue weighted by molar-refractivity contribution is -0.132. The van der Waals surface area contributed by atoms with E-state index < -0.39 is 14.3 Å². The quantitative estimate of drug-likeness (QED) is 0.602. The van der Waals surface area contributed by atoms with Crippen LogP contribution in [0.3, 0.4) is 0 Å². The predicted molar refractivity (Wildman–Crippen MR) is 67.8 cm³/mol. The first-order valence-electron chi connectivity index (χ1n) is 5.69. The highest BCUT2D eigenvalue weighted by Gasteiger charge is 2.30. The van der Waals surface area contributed by atoms with Crippen LogP contribution in [0.2, 0.25) is 25.7 Å². The molecular formula is C12H21NO2Si. The zero-order chi connectivity index (χ0) is 12.3. The maximum atomic E-state index is 11.5. The number of aliphatic hydroxyl groups is 1. The van der Waals surface area contributed by atoms with Gasteiger partial charge in [-0.05, 0) is 11.6 Å². The van der Waals surface area contributed by atoms with Gasteiger partial charge >= 0.3 is 0 Å². The number of hydrogen-bond acceptors (Lipinski definition) is 2. The molecule has 1 fully saturated rings.